The van der Waals surface area contributed by atoms with E-state index in [1.54, 1.807) is 21.4 Å². The minimum atomic E-state index is -3.49. The van der Waals surface area contributed by atoms with Crippen LogP contribution in [0.15, 0.2) is 17.6 Å². The van der Waals surface area contributed by atoms with Gasteiger partial charge in [-0.15, -0.1) is 0 Å². The molecule has 2 bridgehead atoms. The van der Waals surface area contributed by atoms with Gasteiger partial charge in [0.05, 0.1) is 6.33 Å². The number of nitrogens with zero attached hydrogens (tertiary/aromatic N) is 3. The summed E-state index contributed by atoms with van der Waals surface area (Å²) >= 11 is 0. The maximum Gasteiger partial charge on any atom is 0.262 e. The zero-order chi connectivity index (χ0) is 15.0. The molecule has 6 nitrogen and oxygen atoms in total. The molecule has 2 atom stereocenters. The van der Waals surface area contributed by atoms with Gasteiger partial charge in [-0.2, -0.15) is 4.31 Å². The summed E-state index contributed by atoms with van der Waals surface area (Å²) < 4.78 is 29.2. The number of sulfonamides is 1. The van der Waals surface area contributed by atoms with Crippen molar-refractivity contribution in [2.24, 2.45) is 0 Å². The second-order valence-corrected chi connectivity index (χ2v) is 7.85. The number of imidazole rings is 1. The van der Waals surface area contributed by atoms with E-state index in [1.807, 2.05) is 13.8 Å². The van der Waals surface area contributed by atoms with Crippen LogP contribution in [0.1, 0.15) is 39.5 Å². The van der Waals surface area contributed by atoms with E-state index >= 15 is 0 Å². The van der Waals surface area contributed by atoms with Gasteiger partial charge in [0.25, 0.3) is 10.0 Å². The van der Waals surface area contributed by atoms with Crippen molar-refractivity contribution in [1.29, 1.82) is 0 Å². The van der Waals surface area contributed by atoms with E-state index < -0.39 is 10.0 Å². The van der Waals surface area contributed by atoms with Crippen molar-refractivity contribution < 1.29 is 8.42 Å². The van der Waals surface area contributed by atoms with Gasteiger partial charge in [-0.05, 0) is 32.6 Å². The third kappa shape index (κ3) is 2.74. The number of fused-ring (bicyclic) bond motifs is 2. The summed E-state index contributed by atoms with van der Waals surface area (Å²) in [5.74, 6) is 0. The van der Waals surface area contributed by atoms with Crippen LogP contribution in [0.2, 0.25) is 0 Å². The number of hydrogen-bond donors (Lipinski definition) is 1. The van der Waals surface area contributed by atoms with Gasteiger partial charge < -0.3 is 9.88 Å². The molecule has 0 aromatic carbocycles. The van der Waals surface area contributed by atoms with E-state index in [4.69, 9.17) is 0 Å². The van der Waals surface area contributed by atoms with Crippen molar-refractivity contribution in [2.75, 3.05) is 6.54 Å². The number of hydrogen-bond acceptors (Lipinski definition) is 4. The molecule has 2 aliphatic rings. The summed E-state index contributed by atoms with van der Waals surface area (Å²) in [5.41, 5.74) is 0. The summed E-state index contributed by atoms with van der Waals surface area (Å²) in [4.78, 5) is 4.09. The largest absolute Gasteiger partial charge is 0.336 e. The van der Waals surface area contributed by atoms with Gasteiger partial charge in [0, 0.05) is 37.4 Å². The highest BCUT2D eigenvalue weighted by molar-refractivity contribution is 7.89. The maximum atomic E-state index is 12.9. The lowest BCUT2D eigenvalue weighted by molar-refractivity contribution is 0.232. The number of nitrogens with one attached hydrogen (secondary N) is 1. The molecule has 1 aromatic rings. The quantitative estimate of drug-likeness (QED) is 0.887. The molecule has 2 unspecified atom stereocenters. The van der Waals surface area contributed by atoms with Crippen LogP contribution in [-0.4, -0.2) is 46.9 Å². The SMILES string of the molecule is CCN(C1CC2CCC(C1)N2)S(=O)(=O)c1cn(CC)cn1. The van der Waals surface area contributed by atoms with E-state index in [2.05, 4.69) is 10.3 Å². The molecule has 0 aliphatic carbocycles. The van der Waals surface area contributed by atoms with Crippen molar-refractivity contribution in [2.45, 2.75) is 69.2 Å². The van der Waals surface area contributed by atoms with Crippen LogP contribution in [0.3, 0.4) is 0 Å². The molecule has 0 spiro atoms. The maximum absolute atomic E-state index is 12.9. The zero-order valence-corrected chi connectivity index (χ0v) is 13.5. The first kappa shape index (κ1) is 15.0. The number of rotatable bonds is 5. The fourth-order valence-corrected chi connectivity index (χ4v) is 5.25. The molecule has 1 N–H and O–H groups in total. The molecule has 2 saturated heterocycles. The smallest absolute Gasteiger partial charge is 0.262 e. The highest BCUT2D eigenvalue weighted by Crippen LogP contribution is 2.32. The van der Waals surface area contributed by atoms with E-state index in [0.717, 1.165) is 19.4 Å². The Labute approximate surface area is 126 Å². The Morgan fingerprint density at radius 1 is 1.33 bits per heavy atom. The molecule has 0 amide bonds. The zero-order valence-electron chi connectivity index (χ0n) is 12.7. The highest BCUT2D eigenvalue weighted by atomic mass is 32.2. The summed E-state index contributed by atoms with van der Waals surface area (Å²) in [5, 5.41) is 3.74. The Balaban J connectivity index is 1.84. The van der Waals surface area contributed by atoms with Crippen molar-refractivity contribution in [1.82, 2.24) is 19.2 Å². The molecule has 21 heavy (non-hydrogen) atoms. The van der Waals surface area contributed by atoms with E-state index in [-0.39, 0.29) is 11.1 Å². The molecule has 2 aliphatic heterocycles. The average Bonchev–Trinajstić information content (AvgIpc) is 3.06. The van der Waals surface area contributed by atoms with E-state index in [0.29, 0.717) is 18.6 Å². The standard InChI is InChI=1S/C14H24N4O2S/c1-3-17-9-14(15-10-17)21(19,20)18(4-2)13-7-11-5-6-12(8-13)16-11/h9-13,16H,3-8H2,1-2H3. The van der Waals surface area contributed by atoms with Crippen LogP contribution in [0.4, 0.5) is 0 Å². The molecule has 0 radical (unpaired) electrons. The third-order valence-electron chi connectivity index (χ3n) is 4.71. The average molecular weight is 312 g/mol. The van der Waals surface area contributed by atoms with E-state index in [9.17, 15) is 8.42 Å². The fourth-order valence-electron chi connectivity index (χ4n) is 3.65. The topological polar surface area (TPSA) is 67.2 Å². The second kappa shape index (κ2) is 5.70. The minimum Gasteiger partial charge on any atom is -0.336 e. The summed E-state index contributed by atoms with van der Waals surface area (Å²) in [6, 6.07) is 1.06. The molecule has 3 rings (SSSR count). The molecule has 7 heteroatoms. The van der Waals surface area contributed by atoms with Crippen molar-refractivity contribution >= 4 is 10.0 Å². The molecule has 2 fully saturated rings. The van der Waals surface area contributed by atoms with E-state index in [1.165, 1.54) is 12.8 Å². The van der Waals surface area contributed by atoms with Gasteiger partial charge in [0.15, 0.2) is 5.03 Å². The molecule has 3 heterocycles. The Morgan fingerprint density at radius 2 is 2.00 bits per heavy atom. The second-order valence-electron chi connectivity index (χ2n) is 6.01. The fraction of sp³-hybridized carbons (Fsp3) is 0.786. The minimum absolute atomic E-state index is 0.102. The van der Waals surface area contributed by atoms with Crippen LogP contribution in [-0.2, 0) is 16.6 Å². The molecular weight excluding hydrogens is 288 g/mol. The van der Waals surface area contributed by atoms with Crippen LogP contribution in [0.5, 0.6) is 0 Å². The molecule has 1 aromatic heterocycles. The van der Waals surface area contributed by atoms with Gasteiger partial charge in [-0.25, -0.2) is 13.4 Å². The molecule has 118 valence electrons. The van der Waals surface area contributed by atoms with Gasteiger partial charge >= 0.3 is 0 Å². The van der Waals surface area contributed by atoms with Crippen molar-refractivity contribution in [3.63, 3.8) is 0 Å². The third-order valence-corrected chi connectivity index (χ3v) is 6.63. The number of aromatic nitrogens is 2. The van der Waals surface area contributed by atoms with Crippen LogP contribution in [0, 0.1) is 0 Å². The lowest BCUT2D eigenvalue weighted by Crippen LogP contribution is -2.50. The summed E-state index contributed by atoms with van der Waals surface area (Å²) in [7, 11) is -3.49. The first-order chi connectivity index (χ1) is 10.0. The van der Waals surface area contributed by atoms with Crippen LogP contribution >= 0.6 is 0 Å². The van der Waals surface area contributed by atoms with Gasteiger partial charge in [-0.1, -0.05) is 6.92 Å². The molecular formula is C14H24N4O2S. The van der Waals surface area contributed by atoms with Crippen LogP contribution < -0.4 is 5.32 Å². The Bertz CT molecular complexity index is 586. The lowest BCUT2D eigenvalue weighted by Gasteiger charge is -2.36. The van der Waals surface area contributed by atoms with Gasteiger partial charge in [0.1, 0.15) is 0 Å². The number of aryl methyl sites for hydroxylation is 1. The first-order valence-electron chi connectivity index (χ1n) is 7.84. The van der Waals surface area contributed by atoms with Crippen LogP contribution in [0.25, 0.3) is 0 Å². The first-order valence-corrected chi connectivity index (χ1v) is 9.28. The Kier molecular flexibility index (Phi) is 4.07. The monoisotopic (exact) mass is 312 g/mol. The predicted molar refractivity (Wildman–Crippen MR) is 80.4 cm³/mol. The molecule has 0 saturated carbocycles. The predicted octanol–water partition coefficient (Wildman–Crippen LogP) is 1.20. The van der Waals surface area contributed by atoms with Crippen molar-refractivity contribution in [3.05, 3.63) is 12.5 Å². The lowest BCUT2D eigenvalue weighted by atomic mass is 10.00. The Hall–Kier alpha value is -0.920. The van der Waals surface area contributed by atoms with Gasteiger partial charge in [-0.3, -0.25) is 0 Å². The normalized spacial score (nSPS) is 29.2. The summed E-state index contributed by atoms with van der Waals surface area (Å²) in [6.07, 6.45) is 7.39. The summed E-state index contributed by atoms with van der Waals surface area (Å²) in [6.45, 7) is 5.12. The Morgan fingerprint density at radius 3 is 2.52 bits per heavy atom. The number of piperidine rings is 1. The van der Waals surface area contributed by atoms with Crippen molar-refractivity contribution in [3.8, 4) is 0 Å². The van der Waals surface area contributed by atoms with Gasteiger partial charge in [0.2, 0.25) is 0 Å². The highest BCUT2D eigenvalue weighted by Gasteiger charge is 2.40.